The minimum atomic E-state index is -1.84. The molecule has 16 N–H and O–H groups in total. The number of nitrogens with one attached hydrogen (secondary N) is 11. The largest absolute Gasteiger partial charge is 0.481 e. The van der Waals surface area contributed by atoms with E-state index in [2.05, 4.69) is 58.2 Å². The highest BCUT2D eigenvalue weighted by Crippen LogP contribution is 2.24. The summed E-state index contributed by atoms with van der Waals surface area (Å²) in [6.07, 6.45) is -2.40. The maximum atomic E-state index is 14.3. The predicted octanol–water partition coefficient (Wildman–Crippen LogP) is -3.09. The van der Waals surface area contributed by atoms with Crippen molar-refractivity contribution in [1.29, 1.82) is 0 Å². The summed E-state index contributed by atoms with van der Waals surface area (Å²) in [5.74, 6) is -14.6. The third-order valence-electron chi connectivity index (χ3n) is 12.0. The van der Waals surface area contributed by atoms with Gasteiger partial charge in [-0.1, -0.05) is 44.4 Å². The van der Waals surface area contributed by atoms with Crippen molar-refractivity contribution in [2.75, 3.05) is 56.6 Å². The lowest BCUT2D eigenvalue weighted by Gasteiger charge is -2.27. The average molecular weight is 1390 g/mol. The first-order chi connectivity index (χ1) is 40.4. The van der Waals surface area contributed by atoms with Crippen LogP contribution in [-0.4, -0.2) is 210 Å². The summed E-state index contributed by atoms with van der Waals surface area (Å²) in [5, 5.41) is 34.1. The minimum absolute atomic E-state index is 0.0226. The van der Waals surface area contributed by atoms with Crippen LogP contribution >= 0.6 is 51.7 Å². The Morgan fingerprint density at radius 1 is 0.814 bits per heavy atom. The fourth-order valence-electron chi connectivity index (χ4n) is 7.84. The maximum Gasteiger partial charge on any atom is 0.407 e. The first kappa shape index (κ1) is 75.5. The molecule has 0 spiro atoms. The van der Waals surface area contributed by atoms with Crippen LogP contribution in [0.5, 0.6) is 0 Å². The molecule has 2 rings (SSSR count). The van der Waals surface area contributed by atoms with Crippen LogP contribution in [0.15, 0.2) is 4.99 Å². The number of halogens is 2. The Labute approximate surface area is 519 Å². The van der Waals surface area contributed by atoms with Crippen LogP contribution in [0, 0.1) is 5.92 Å². The van der Waals surface area contributed by atoms with E-state index in [0.29, 0.717) is 0 Å². The summed E-state index contributed by atoms with van der Waals surface area (Å²) in [6, 6.07) is -12.3. The molecule has 12 amide bonds. The number of nitrogens with two attached hydrogens (primary N) is 2. The van der Waals surface area contributed by atoms with E-state index in [1.54, 1.807) is 34.6 Å². The highest BCUT2D eigenvalue weighted by atomic mass is 127. The molecule has 0 aromatic rings. The summed E-state index contributed by atoms with van der Waals surface area (Å²) in [6.45, 7) is 7.69. The van der Waals surface area contributed by atoms with Gasteiger partial charge in [-0.3, -0.25) is 67.3 Å². The number of alkyl carbamates (subject to hydrolysis) is 1. The molecule has 37 heteroatoms. The summed E-state index contributed by atoms with van der Waals surface area (Å²) >= 11 is 1.88. The Morgan fingerprint density at radius 2 is 1.42 bits per heavy atom. The van der Waals surface area contributed by atoms with Gasteiger partial charge in [0.2, 0.25) is 70.9 Å². The number of carboxylic acids is 1. The van der Waals surface area contributed by atoms with E-state index in [9.17, 15) is 76.7 Å². The third kappa shape index (κ3) is 30.1. The van der Waals surface area contributed by atoms with Crippen LogP contribution in [0.4, 0.5) is 9.28 Å². The highest BCUT2D eigenvalue weighted by Gasteiger charge is 2.38. The maximum absolute atomic E-state index is 14.3. The molecule has 2 aliphatic rings. The number of esters is 1. The van der Waals surface area contributed by atoms with Crippen molar-refractivity contribution in [3.05, 3.63) is 0 Å². The number of carbonyl (C=O) groups is 14. The number of amides is 12. The van der Waals surface area contributed by atoms with E-state index in [1.165, 1.54) is 0 Å². The van der Waals surface area contributed by atoms with E-state index < -0.39 is 169 Å². The molecule has 484 valence electrons. The zero-order valence-corrected chi connectivity index (χ0v) is 53.0. The number of aliphatic imine (C=N–C) groups is 1. The van der Waals surface area contributed by atoms with E-state index in [0.717, 1.165) is 47.9 Å². The number of carboxylic acid groups (broad SMARTS) is 1. The first-order valence-electron chi connectivity index (χ1n) is 27.2. The van der Waals surface area contributed by atoms with Crippen molar-refractivity contribution < 1.29 is 86.2 Å². The first-order valence-corrected chi connectivity index (χ1v) is 33.2. The van der Waals surface area contributed by atoms with Crippen LogP contribution < -0.4 is 70.2 Å². The summed E-state index contributed by atoms with van der Waals surface area (Å²) in [4.78, 5) is 192. The molecule has 2 saturated heterocycles. The molecular weight excluding hydrogens is 1310 g/mol. The standard InChI is InChI=1S/C49H79FIN15O17S3/c1-25(2)21-82-38(72)18-30-43(77)60-27(11-7-8-14-55-48(81)83-49(4,5)6)41(75)57-20-36(69)66-16-10-13-34(66)46(80)62-29(17-37(70)71)42(76)63-31(39(52)73)23-85-86-24-33(64-44(78)32(22-84-51)58-26(3)67)45(79)61-28(12-9-15-54-47(53)65-50)40(74)56-19-35(68)59-30/h25,27-34H,7-24H2,1-6H3,(H2,52,73)(H,55,81)(H,56,74)(H,57,75)(H,58,67)(H,59,68)(H,60,77)(H,61,79)(H,62,80)(H,63,76)(H,64,78)(H,70,71)(H3,53,54,65). The Hall–Kier alpha value is -6.64. The predicted molar refractivity (Wildman–Crippen MR) is 321 cm³/mol. The smallest absolute Gasteiger partial charge is 0.407 e. The van der Waals surface area contributed by atoms with Crippen molar-refractivity contribution >= 4 is 141 Å². The Bertz CT molecular complexity index is 2450. The van der Waals surface area contributed by atoms with Gasteiger partial charge in [-0.05, 0) is 92.8 Å². The van der Waals surface area contributed by atoms with E-state index in [-0.39, 0.29) is 94.4 Å². The van der Waals surface area contributed by atoms with Crippen molar-refractivity contribution in [2.24, 2.45) is 22.4 Å². The van der Waals surface area contributed by atoms with Gasteiger partial charge in [0.15, 0.2) is 0 Å². The number of carbonyl (C=O) groups excluding carboxylic acids is 13. The van der Waals surface area contributed by atoms with Crippen molar-refractivity contribution in [1.82, 2.24) is 63.6 Å². The number of fused-ring (bicyclic) bond motifs is 1. The Balaban J connectivity index is 2.74. The lowest BCUT2D eigenvalue weighted by atomic mass is 10.1. The number of guanidine groups is 1. The number of hydrogen-bond donors (Lipinski definition) is 14. The van der Waals surface area contributed by atoms with Gasteiger partial charge in [-0.2, -0.15) is 5.54 Å². The van der Waals surface area contributed by atoms with Gasteiger partial charge in [0.25, 0.3) is 0 Å². The fourth-order valence-corrected chi connectivity index (χ4v) is 11.6. The van der Waals surface area contributed by atoms with E-state index >= 15 is 0 Å². The summed E-state index contributed by atoms with van der Waals surface area (Å²) < 4.78 is 23.5. The minimum Gasteiger partial charge on any atom is -0.481 e. The number of primary amides is 1. The summed E-state index contributed by atoms with van der Waals surface area (Å²) in [7, 11) is 2.85. The second-order valence-corrected chi connectivity index (χ2v) is 25.9. The van der Waals surface area contributed by atoms with E-state index in [4.69, 9.17) is 20.9 Å². The molecular formula is C49H79FIN15O17S3. The number of ether oxygens (including phenoxy) is 2. The molecule has 0 radical (unpaired) electrons. The molecule has 0 aromatic heterocycles. The highest BCUT2D eigenvalue weighted by molar-refractivity contribution is 14.2. The number of aliphatic carboxylic acids is 1. The molecule has 0 aromatic carbocycles. The van der Waals surface area contributed by atoms with Gasteiger partial charge < -0.3 is 84.1 Å². The van der Waals surface area contributed by atoms with Crippen LogP contribution in [0.25, 0.3) is 0 Å². The van der Waals surface area contributed by atoms with Crippen molar-refractivity contribution in [3.63, 3.8) is 0 Å². The van der Waals surface area contributed by atoms with Gasteiger partial charge in [0.1, 0.15) is 53.9 Å². The number of rotatable bonds is 21. The second kappa shape index (κ2) is 39.2. The van der Waals surface area contributed by atoms with Gasteiger partial charge in [-0.15, -0.1) is 4.48 Å². The fraction of sp³-hybridized carbons (Fsp3) is 0.694. The zero-order chi connectivity index (χ0) is 64.7. The number of nitrogens with zero attached hydrogens (tertiary/aromatic N) is 2. The summed E-state index contributed by atoms with van der Waals surface area (Å²) in [5.41, 5.74) is 11.4. The molecule has 32 nitrogen and oxygen atoms in total. The molecule has 2 heterocycles. The molecule has 0 aliphatic carbocycles. The van der Waals surface area contributed by atoms with Crippen molar-refractivity contribution in [2.45, 2.75) is 153 Å². The second-order valence-electron chi connectivity index (χ2n) is 20.9. The van der Waals surface area contributed by atoms with Gasteiger partial charge in [0, 0.05) is 43.8 Å². The molecule has 2 fully saturated rings. The van der Waals surface area contributed by atoms with Gasteiger partial charge in [0.05, 0.1) is 32.5 Å². The van der Waals surface area contributed by atoms with E-state index in [1.807, 2.05) is 21.2 Å². The Kier molecular flexibility index (Phi) is 34.4. The molecule has 8 unspecified atom stereocenters. The SMILES string of the molecule is CC(=O)NC(CSI)C(=O)NC1CSSCC(C(N)=O)NC(=O)C(CC(=O)O)NC(=O)C2CCCN2C(=O)CNC(=O)C(CCCCNC(=O)OC(C)(C)C)NC(=O)C(CC(=O)OCC(C)C)NC(=O)CNC(=O)C(CCCN=C(N)NF)NC1=O. The lowest BCUT2D eigenvalue weighted by Crippen LogP contribution is -2.58. The van der Waals surface area contributed by atoms with Crippen molar-refractivity contribution in [3.8, 4) is 0 Å². The quantitative estimate of drug-likeness (QED) is 0.0103. The monoisotopic (exact) mass is 1390 g/mol. The van der Waals surface area contributed by atoms with Gasteiger partial charge >= 0.3 is 18.0 Å². The normalized spacial score (nSPS) is 22.6. The average Bonchev–Trinajstić information content (AvgIpc) is 4.17. The number of unbranched alkanes of at least 4 members (excludes halogenated alkanes) is 1. The molecule has 86 heavy (non-hydrogen) atoms. The molecule has 8 atom stereocenters. The number of hydrogen-bond acceptors (Lipinski definition) is 20. The van der Waals surface area contributed by atoms with Gasteiger partial charge in [-0.25, -0.2) is 4.79 Å². The third-order valence-corrected chi connectivity index (χ3v) is 15.9. The van der Waals surface area contributed by atoms with Crippen LogP contribution in [0.2, 0.25) is 0 Å². The van der Waals surface area contributed by atoms with Crippen LogP contribution in [-0.2, 0) is 71.8 Å². The lowest BCUT2D eigenvalue weighted by molar-refractivity contribution is -0.147. The molecule has 2 aliphatic heterocycles. The zero-order valence-electron chi connectivity index (χ0n) is 48.4. The Morgan fingerprint density at radius 3 is 2.02 bits per heavy atom. The molecule has 0 saturated carbocycles. The molecule has 0 bridgehead atoms. The topological polar surface area (TPSA) is 478 Å². The van der Waals surface area contributed by atoms with Crippen LogP contribution in [0.3, 0.4) is 0 Å². The van der Waals surface area contributed by atoms with Crippen LogP contribution in [0.1, 0.15) is 99.3 Å².